The molecule has 0 aliphatic heterocycles. The smallest absolute Gasteiger partial charge is 0.197 e. The van der Waals surface area contributed by atoms with Crippen LogP contribution in [0.25, 0.3) is 0 Å². The number of hydrogen-bond donors (Lipinski definition) is 0. The molecule has 0 saturated heterocycles. The molecule has 0 atom stereocenters. The normalized spacial score (nSPS) is 9.80. The third-order valence-corrected chi connectivity index (χ3v) is 1.85. The lowest BCUT2D eigenvalue weighted by Gasteiger charge is -1.98. The Hall–Kier alpha value is -0.690. The van der Waals surface area contributed by atoms with Crippen LogP contribution in [-0.2, 0) is 11.5 Å². The lowest BCUT2D eigenvalue weighted by Crippen LogP contribution is -1.79. The number of rotatable bonds is 1. The minimum absolute atomic E-state index is 0.0824. The van der Waals surface area contributed by atoms with Crippen LogP contribution in [0.3, 0.4) is 0 Å². The van der Waals surface area contributed by atoms with Gasteiger partial charge in [0.2, 0.25) is 0 Å². The first-order valence-electron chi connectivity index (χ1n) is 3.20. The van der Waals surface area contributed by atoms with Gasteiger partial charge in [-0.15, -0.1) is 0 Å². The monoisotopic (exact) mass is 155 g/mol. The van der Waals surface area contributed by atoms with Crippen LogP contribution in [0.5, 0.6) is 5.75 Å². The van der Waals surface area contributed by atoms with Crippen molar-refractivity contribution in [3.63, 3.8) is 0 Å². The SMILES string of the molecule is CCc1cccc([O])c1Cl. The maximum absolute atomic E-state index is 10.9. The second-order valence-electron chi connectivity index (χ2n) is 2.08. The molecule has 0 bridgehead atoms. The van der Waals surface area contributed by atoms with Crippen molar-refractivity contribution in [2.45, 2.75) is 13.3 Å². The molecule has 1 rings (SSSR count). The molecule has 0 amide bonds. The van der Waals surface area contributed by atoms with E-state index >= 15 is 0 Å². The highest BCUT2D eigenvalue weighted by molar-refractivity contribution is 6.32. The summed E-state index contributed by atoms with van der Waals surface area (Å²) in [6, 6.07) is 5.07. The Labute approximate surface area is 65.3 Å². The molecule has 0 saturated carbocycles. The van der Waals surface area contributed by atoms with Gasteiger partial charge in [0, 0.05) is 0 Å². The summed E-state index contributed by atoms with van der Waals surface area (Å²) in [4.78, 5) is 0. The third-order valence-electron chi connectivity index (χ3n) is 1.42. The van der Waals surface area contributed by atoms with Gasteiger partial charge in [-0.25, -0.2) is 0 Å². The first-order chi connectivity index (χ1) is 4.75. The molecule has 1 aromatic carbocycles. The second kappa shape index (κ2) is 2.93. The van der Waals surface area contributed by atoms with Crippen molar-refractivity contribution in [1.82, 2.24) is 0 Å². The van der Waals surface area contributed by atoms with Crippen molar-refractivity contribution in [2.75, 3.05) is 0 Å². The fourth-order valence-corrected chi connectivity index (χ4v) is 1.09. The number of halogens is 1. The van der Waals surface area contributed by atoms with E-state index in [9.17, 15) is 5.11 Å². The number of benzene rings is 1. The van der Waals surface area contributed by atoms with Crippen LogP contribution in [-0.4, -0.2) is 0 Å². The van der Waals surface area contributed by atoms with Gasteiger partial charge >= 0.3 is 0 Å². The van der Waals surface area contributed by atoms with E-state index in [-0.39, 0.29) is 5.75 Å². The molecule has 1 aromatic rings. The zero-order valence-electron chi connectivity index (χ0n) is 5.73. The van der Waals surface area contributed by atoms with Gasteiger partial charge in [0.05, 0.1) is 5.02 Å². The molecular weight excluding hydrogens is 148 g/mol. The van der Waals surface area contributed by atoms with E-state index in [0.717, 1.165) is 12.0 Å². The Bertz CT molecular complexity index is 233. The van der Waals surface area contributed by atoms with Crippen LogP contribution in [0.4, 0.5) is 0 Å². The Morgan fingerprint density at radius 2 is 2.20 bits per heavy atom. The van der Waals surface area contributed by atoms with Gasteiger partial charge in [-0.05, 0) is 18.1 Å². The third kappa shape index (κ3) is 1.24. The van der Waals surface area contributed by atoms with Crippen LogP contribution >= 0.6 is 11.6 Å². The Kier molecular flexibility index (Phi) is 2.17. The molecule has 0 unspecified atom stereocenters. The highest BCUT2D eigenvalue weighted by atomic mass is 35.5. The van der Waals surface area contributed by atoms with Crippen molar-refractivity contribution >= 4 is 11.6 Å². The second-order valence-corrected chi connectivity index (χ2v) is 2.46. The van der Waals surface area contributed by atoms with Gasteiger partial charge < -0.3 is 0 Å². The van der Waals surface area contributed by atoms with Gasteiger partial charge in [0.15, 0.2) is 5.75 Å². The molecule has 0 N–H and O–H groups in total. The van der Waals surface area contributed by atoms with E-state index < -0.39 is 0 Å². The van der Waals surface area contributed by atoms with Crippen LogP contribution in [0.2, 0.25) is 5.02 Å². The first kappa shape index (κ1) is 7.42. The van der Waals surface area contributed by atoms with Crippen LogP contribution in [0.1, 0.15) is 12.5 Å². The number of aryl methyl sites for hydroxylation is 1. The Morgan fingerprint density at radius 3 is 2.70 bits per heavy atom. The highest BCUT2D eigenvalue weighted by Gasteiger charge is 2.02. The average molecular weight is 156 g/mol. The average Bonchev–Trinajstić information content (AvgIpc) is 1.95. The quantitative estimate of drug-likeness (QED) is 0.594. The highest BCUT2D eigenvalue weighted by Crippen LogP contribution is 2.27. The maximum atomic E-state index is 10.9. The minimum atomic E-state index is -0.0824. The predicted octanol–water partition coefficient (Wildman–Crippen LogP) is 3.05. The van der Waals surface area contributed by atoms with E-state index in [0.29, 0.717) is 5.02 Å². The molecule has 0 fully saturated rings. The molecule has 0 heterocycles. The summed E-state index contributed by atoms with van der Waals surface area (Å²) in [6.45, 7) is 1.97. The predicted molar refractivity (Wildman–Crippen MR) is 41.0 cm³/mol. The zero-order chi connectivity index (χ0) is 7.56. The summed E-state index contributed by atoms with van der Waals surface area (Å²) in [5.41, 5.74) is 0.925. The lowest BCUT2D eigenvalue weighted by atomic mass is 10.2. The molecule has 1 radical (unpaired) electrons. The fourth-order valence-electron chi connectivity index (χ4n) is 0.829. The maximum Gasteiger partial charge on any atom is 0.197 e. The van der Waals surface area contributed by atoms with Crippen LogP contribution in [0.15, 0.2) is 18.2 Å². The summed E-state index contributed by atoms with van der Waals surface area (Å²) in [6.07, 6.45) is 0.814. The molecular formula is C8H8ClO. The lowest BCUT2D eigenvalue weighted by molar-refractivity contribution is 0.354. The zero-order valence-corrected chi connectivity index (χ0v) is 6.48. The first-order valence-corrected chi connectivity index (χ1v) is 3.58. The summed E-state index contributed by atoms with van der Waals surface area (Å²) in [5, 5.41) is 11.2. The van der Waals surface area contributed by atoms with Crippen molar-refractivity contribution in [2.24, 2.45) is 0 Å². The van der Waals surface area contributed by atoms with E-state index in [1.807, 2.05) is 13.0 Å². The van der Waals surface area contributed by atoms with E-state index in [2.05, 4.69) is 0 Å². The van der Waals surface area contributed by atoms with Gasteiger partial charge in [0.1, 0.15) is 0 Å². The molecule has 0 aliphatic carbocycles. The molecule has 1 nitrogen and oxygen atoms in total. The van der Waals surface area contributed by atoms with Crippen molar-refractivity contribution in [1.29, 1.82) is 0 Å². The molecule has 0 aromatic heterocycles. The van der Waals surface area contributed by atoms with E-state index in [4.69, 9.17) is 11.6 Å². The molecule has 53 valence electrons. The van der Waals surface area contributed by atoms with Crippen molar-refractivity contribution in [3.8, 4) is 5.75 Å². The van der Waals surface area contributed by atoms with Crippen LogP contribution in [0, 0.1) is 0 Å². The molecule has 10 heavy (non-hydrogen) atoms. The van der Waals surface area contributed by atoms with Gasteiger partial charge in [-0.3, -0.25) is 5.11 Å². The Balaban J connectivity index is 3.14. The number of hydrogen-bond acceptors (Lipinski definition) is 0. The van der Waals surface area contributed by atoms with Crippen LogP contribution < -0.4 is 0 Å². The van der Waals surface area contributed by atoms with E-state index in [1.165, 1.54) is 6.07 Å². The van der Waals surface area contributed by atoms with Gasteiger partial charge in [0.25, 0.3) is 0 Å². The molecule has 0 spiro atoms. The standard InChI is InChI=1S/C8H8ClO/c1-2-6-4-3-5-7(10)8(6)9/h3-5H,2H2,1H3. The summed E-state index contributed by atoms with van der Waals surface area (Å²) in [5.74, 6) is -0.0824. The molecule has 0 aliphatic rings. The molecule has 2 heteroatoms. The van der Waals surface area contributed by atoms with E-state index in [1.54, 1.807) is 6.07 Å². The summed E-state index contributed by atoms with van der Waals surface area (Å²) in [7, 11) is 0. The largest absolute Gasteiger partial charge is 0.288 e. The minimum Gasteiger partial charge on any atom is -0.288 e. The van der Waals surface area contributed by atoms with Crippen molar-refractivity contribution < 1.29 is 5.11 Å². The van der Waals surface area contributed by atoms with Crippen molar-refractivity contribution in [3.05, 3.63) is 28.8 Å². The Morgan fingerprint density at radius 1 is 1.50 bits per heavy atom. The fraction of sp³-hybridized carbons (Fsp3) is 0.250. The van der Waals surface area contributed by atoms with Gasteiger partial charge in [-0.2, -0.15) is 0 Å². The summed E-state index contributed by atoms with van der Waals surface area (Å²) < 4.78 is 0. The van der Waals surface area contributed by atoms with Gasteiger partial charge in [-0.1, -0.05) is 30.7 Å². The topological polar surface area (TPSA) is 19.9 Å². The summed E-state index contributed by atoms with van der Waals surface area (Å²) >= 11 is 5.68.